The molecule has 0 aliphatic carbocycles. The maximum atomic E-state index is 12.8. The van der Waals surface area contributed by atoms with Crippen molar-refractivity contribution in [2.45, 2.75) is 25.3 Å². The molecule has 0 saturated carbocycles. The lowest BCUT2D eigenvalue weighted by molar-refractivity contribution is 0.287. The Labute approximate surface area is 155 Å². The normalized spacial score (nSPS) is 12.8. The van der Waals surface area contributed by atoms with Gasteiger partial charge in [0.2, 0.25) is 10.0 Å². The maximum Gasteiger partial charge on any atom is 0.219 e. The number of rotatable bonds is 9. The Balaban J connectivity index is 2.28. The third kappa shape index (κ3) is 4.97. The Hall–Kier alpha value is -2.09. The lowest BCUT2D eigenvalue weighted by Crippen LogP contribution is -2.38. The number of hydrogen-bond donors (Lipinski definition) is 1. The number of aliphatic hydroxyl groups is 1. The first-order valence-corrected chi connectivity index (χ1v) is 9.76. The van der Waals surface area contributed by atoms with Crippen LogP contribution >= 0.6 is 0 Å². The van der Waals surface area contributed by atoms with Crippen molar-refractivity contribution in [3.05, 3.63) is 59.7 Å². The molecule has 0 spiro atoms. The van der Waals surface area contributed by atoms with Crippen molar-refractivity contribution < 1.29 is 23.0 Å². The van der Waals surface area contributed by atoms with Crippen molar-refractivity contribution in [3.63, 3.8) is 0 Å². The van der Waals surface area contributed by atoms with Crippen molar-refractivity contribution in [2.75, 3.05) is 20.8 Å². The second kappa shape index (κ2) is 9.02. The van der Waals surface area contributed by atoms with E-state index in [0.717, 1.165) is 11.1 Å². The molecule has 0 heterocycles. The Bertz CT molecular complexity index is 738. The van der Waals surface area contributed by atoms with Crippen LogP contribution in [-0.4, -0.2) is 43.9 Å². The monoisotopic (exact) mass is 379 g/mol. The van der Waals surface area contributed by atoms with E-state index >= 15 is 0 Å². The van der Waals surface area contributed by atoms with E-state index in [-0.39, 0.29) is 13.1 Å². The molecule has 0 aliphatic rings. The first-order chi connectivity index (χ1) is 12.4. The third-order valence-electron chi connectivity index (χ3n) is 4.16. The van der Waals surface area contributed by atoms with Crippen LogP contribution in [0.4, 0.5) is 0 Å². The molecular weight excluding hydrogens is 354 g/mol. The summed E-state index contributed by atoms with van der Waals surface area (Å²) < 4.78 is 37.3. The van der Waals surface area contributed by atoms with Gasteiger partial charge in [-0.3, -0.25) is 0 Å². The standard InChI is InChI=1S/C19H25NO5S/c1-15(14-21)26(22,23)20(12-16-4-8-18(24-2)9-5-16)13-17-6-10-19(25-3)11-7-17/h4-11,15,21H,12-14H2,1-3H3/t15-/m0/s1. The SMILES string of the molecule is COc1ccc(CN(Cc2ccc(OC)cc2)S(=O)(=O)[C@@H](C)CO)cc1. The number of nitrogens with zero attached hydrogens (tertiary/aromatic N) is 1. The molecule has 0 radical (unpaired) electrons. The summed E-state index contributed by atoms with van der Waals surface area (Å²) in [5.41, 5.74) is 1.68. The lowest BCUT2D eigenvalue weighted by atomic mass is 10.2. The van der Waals surface area contributed by atoms with Crippen molar-refractivity contribution in [1.82, 2.24) is 4.31 Å². The topological polar surface area (TPSA) is 76.1 Å². The summed E-state index contributed by atoms with van der Waals surface area (Å²) in [7, 11) is -0.495. The van der Waals surface area contributed by atoms with Crippen molar-refractivity contribution in [3.8, 4) is 11.5 Å². The quantitative estimate of drug-likeness (QED) is 0.724. The lowest BCUT2D eigenvalue weighted by Gasteiger charge is -2.25. The minimum absolute atomic E-state index is 0.211. The van der Waals surface area contributed by atoms with E-state index in [1.807, 2.05) is 24.3 Å². The summed E-state index contributed by atoms with van der Waals surface area (Å²) in [6, 6.07) is 14.5. The molecule has 0 aliphatic heterocycles. The van der Waals surface area contributed by atoms with Crippen LogP contribution in [0, 0.1) is 0 Å². The molecule has 142 valence electrons. The van der Waals surface area contributed by atoms with Crippen molar-refractivity contribution >= 4 is 10.0 Å². The Morgan fingerprint density at radius 2 is 1.27 bits per heavy atom. The number of ether oxygens (including phenoxy) is 2. The van der Waals surface area contributed by atoms with Gasteiger partial charge < -0.3 is 14.6 Å². The molecule has 0 amide bonds. The predicted octanol–water partition coefficient (Wildman–Crippen LogP) is 2.42. The van der Waals surface area contributed by atoms with Crippen LogP contribution in [0.3, 0.4) is 0 Å². The van der Waals surface area contributed by atoms with Gasteiger partial charge in [0, 0.05) is 13.1 Å². The molecule has 1 atom stereocenters. The van der Waals surface area contributed by atoms with Crippen LogP contribution in [0.5, 0.6) is 11.5 Å². The zero-order valence-corrected chi connectivity index (χ0v) is 16.1. The number of aliphatic hydroxyl groups excluding tert-OH is 1. The molecule has 0 aromatic heterocycles. The van der Waals surface area contributed by atoms with Gasteiger partial charge in [-0.05, 0) is 42.3 Å². The van der Waals surface area contributed by atoms with Gasteiger partial charge >= 0.3 is 0 Å². The highest BCUT2D eigenvalue weighted by Crippen LogP contribution is 2.21. The number of methoxy groups -OCH3 is 2. The molecular formula is C19H25NO5S. The number of sulfonamides is 1. The van der Waals surface area contributed by atoms with Crippen LogP contribution in [0.2, 0.25) is 0 Å². The van der Waals surface area contributed by atoms with Gasteiger partial charge in [-0.1, -0.05) is 24.3 Å². The minimum Gasteiger partial charge on any atom is -0.497 e. The number of benzene rings is 2. The summed E-state index contributed by atoms with van der Waals surface area (Å²) >= 11 is 0. The van der Waals surface area contributed by atoms with Gasteiger partial charge in [0.15, 0.2) is 0 Å². The van der Waals surface area contributed by atoms with E-state index in [4.69, 9.17) is 9.47 Å². The summed E-state index contributed by atoms with van der Waals surface area (Å²) in [6.45, 7) is 1.50. The van der Waals surface area contributed by atoms with Crippen LogP contribution in [0.25, 0.3) is 0 Å². The van der Waals surface area contributed by atoms with Crippen LogP contribution in [0.15, 0.2) is 48.5 Å². The summed E-state index contributed by atoms with van der Waals surface area (Å²) in [5.74, 6) is 1.42. The van der Waals surface area contributed by atoms with Crippen LogP contribution < -0.4 is 9.47 Å². The highest BCUT2D eigenvalue weighted by molar-refractivity contribution is 7.89. The van der Waals surface area contributed by atoms with Crippen molar-refractivity contribution in [2.24, 2.45) is 0 Å². The molecule has 0 unspecified atom stereocenters. The smallest absolute Gasteiger partial charge is 0.219 e. The van der Waals surface area contributed by atoms with Gasteiger partial charge in [0.1, 0.15) is 11.5 Å². The fourth-order valence-electron chi connectivity index (χ4n) is 2.45. The molecule has 7 heteroatoms. The van der Waals surface area contributed by atoms with E-state index < -0.39 is 21.9 Å². The first-order valence-electron chi connectivity index (χ1n) is 8.26. The second-order valence-corrected chi connectivity index (χ2v) is 8.35. The summed E-state index contributed by atoms with van der Waals surface area (Å²) in [4.78, 5) is 0. The van der Waals surface area contributed by atoms with E-state index in [1.54, 1.807) is 38.5 Å². The van der Waals surface area contributed by atoms with Crippen LogP contribution in [0.1, 0.15) is 18.1 Å². The average Bonchev–Trinajstić information content (AvgIpc) is 2.67. The fourth-order valence-corrected chi connectivity index (χ4v) is 3.81. The van der Waals surface area contributed by atoms with Gasteiger partial charge in [-0.2, -0.15) is 4.31 Å². The summed E-state index contributed by atoms with van der Waals surface area (Å²) in [5, 5.41) is 8.47. The van der Waals surface area contributed by atoms with Crippen molar-refractivity contribution in [1.29, 1.82) is 0 Å². The van der Waals surface area contributed by atoms with Gasteiger partial charge in [0.05, 0.1) is 26.1 Å². The van der Waals surface area contributed by atoms with E-state index in [9.17, 15) is 13.5 Å². The molecule has 0 fully saturated rings. The van der Waals surface area contributed by atoms with Gasteiger partial charge in [-0.25, -0.2) is 8.42 Å². The minimum atomic E-state index is -3.66. The molecule has 2 aromatic carbocycles. The summed E-state index contributed by atoms with van der Waals surface area (Å²) in [6.07, 6.45) is 0. The van der Waals surface area contributed by atoms with E-state index in [2.05, 4.69) is 0 Å². The number of hydrogen-bond acceptors (Lipinski definition) is 5. The molecule has 26 heavy (non-hydrogen) atoms. The van der Waals surface area contributed by atoms with E-state index in [1.165, 1.54) is 11.2 Å². The predicted molar refractivity (Wildman–Crippen MR) is 101 cm³/mol. The molecule has 6 nitrogen and oxygen atoms in total. The third-order valence-corrected chi connectivity index (χ3v) is 6.31. The molecule has 1 N–H and O–H groups in total. The van der Waals surface area contributed by atoms with Gasteiger partial charge in [0.25, 0.3) is 0 Å². The van der Waals surface area contributed by atoms with Gasteiger partial charge in [-0.15, -0.1) is 0 Å². The molecule has 2 aromatic rings. The molecule has 2 rings (SSSR count). The first kappa shape index (κ1) is 20.2. The zero-order valence-electron chi connectivity index (χ0n) is 15.3. The maximum absolute atomic E-state index is 12.8. The fraction of sp³-hybridized carbons (Fsp3) is 0.368. The Morgan fingerprint density at radius 1 is 0.885 bits per heavy atom. The van der Waals surface area contributed by atoms with Crippen LogP contribution in [-0.2, 0) is 23.1 Å². The second-order valence-electron chi connectivity index (χ2n) is 6.00. The Morgan fingerprint density at radius 3 is 1.58 bits per heavy atom. The zero-order chi connectivity index (χ0) is 19.2. The largest absolute Gasteiger partial charge is 0.497 e. The molecule has 0 saturated heterocycles. The Kier molecular flexibility index (Phi) is 7.02. The highest BCUT2D eigenvalue weighted by atomic mass is 32.2. The van der Waals surface area contributed by atoms with E-state index in [0.29, 0.717) is 11.5 Å². The average molecular weight is 379 g/mol. The highest BCUT2D eigenvalue weighted by Gasteiger charge is 2.28. The molecule has 0 bridgehead atoms.